The minimum atomic E-state index is -0.0192. The molecular formula is C16H27N3O. The summed E-state index contributed by atoms with van der Waals surface area (Å²) < 4.78 is 0. The van der Waals surface area contributed by atoms with Crippen molar-refractivity contribution < 1.29 is 5.11 Å². The van der Waals surface area contributed by atoms with Crippen molar-refractivity contribution in [1.82, 2.24) is 9.97 Å². The molecule has 112 valence electrons. The van der Waals surface area contributed by atoms with E-state index >= 15 is 0 Å². The maximum atomic E-state index is 9.61. The second-order valence-electron chi connectivity index (χ2n) is 6.13. The summed E-state index contributed by atoms with van der Waals surface area (Å²) in [6.45, 7) is 4.13. The Kier molecular flexibility index (Phi) is 5.35. The molecule has 0 amide bonds. The van der Waals surface area contributed by atoms with E-state index in [0.717, 1.165) is 17.2 Å². The molecule has 1 heterocycles. The quantitative estimate of drug-likeness (QED) is 0.858. The molecule has 0 unspecified atom stereocenters. The highest BCUT2D eigenvalue weighted by Crippen LogP contribution is 2.27. The van der Waals surface area contributed by atoms with Crippen molar-refractivity contribution in [2.24, 2.45) is 0 Å². The normalized spacial score (nSPS) is 17.2. The lowest BCUT2D eigenvalue weighted by Crippen LogP contribution is -2.32. The molecule has 0 spiro atoms. The van der Waals surface area contributed by atoms with E-state index in [4.69, 9.17) is 0 Å². The first-order valence-corrected chi connectivity index (χ1v) is 7.83. The molecule has 20 heavy (non-hydrogen) atoms. The van der Waals surface area contributed by atoms with Gasteiger partial charge >= 0.3 is 0 Å². The molecule has 0 aliphatic heterocycles. The third-order valence-electron chi connectivity index (χ3n) is 4.28. The van der Waals surface area contributed by atoms with Crippen LogP contribution in [0.3, 0.4) is 0 Å². The van der Waals surface area contributed by atoms with Crippen LogP contribution in [0, 0.1) is 0 Å². The molecule has 1 aliphatic carbocycles. The van der Waals surface area contributed by atoms with Gasteiger partial charge in [-0.1, -0.05) is 39.5 Å². The molecule has 2 rings (SSSR count). The average Bonchev–Trinajstić information content (AvgIpc) is 2.74. The van der Waals surface area contributed by atoms with Crippen molar-refractivity contribution in [2.45, 2.75) is 70.9 Å². The topological polar surface area (TPSA) is 49.2 Å². The van der Waals surface area contributed by atoms with E-state index in [0.29, 0.717) is 6.04 Å². The van der Waals surface area contributed by atoms with Crippen LogP contribution in [-0.4, -0.2) is 28.2 Å². The first-order valence-electron chi connectivity index (χ1n) is 7.83. The van der Waals surface area contributed by atoms with E-state index in [9.17, 15) is 5.11 Å². The molecule has 1 aromatic heterocycles. The summed E-state index contributed by atoms with van der Waals surface area (Å²) in [4.78, 5) is 11.3. The molecule has 0 aromatic carbocycles. The Morgan fingerprint density at radius 3 is 2.45 bits per heavy atom. The number of nitrogens with zero attached hydrogens (tertiary/aromatic N) is 3. The fourth-order valence-corrected chi connectivity index (χ4v) is 2.96. The molecule has 1 N–H and O–H groups in total. The summed E-state index contributed by atoms with van der Waals surface area (Å²) in [6.07, 6.45) is 9.64. The van der Waals surface area contributed by atoms with E-state index in [-0.39, 0.29) is 12.5 Å². The Labute approximate surface area is 122 Å². The lowest BCUT2D eigenvalue weighted by Gasteiger charge is -2.30. The van der Waals surface area contributed by atoms with Gasteiger partial charge in [-0.2, -0.15) is 0 Å². The zero-order chi connectivity index (χ0) is 14.5. The number of aliphatic hydroxyl groups is 1. The highest BCUT2D eigenvalue weighted by atomic mass is 16.3. The Morgan fingerprint density at radius 2 is 1.90 bits per heavy atom. The molecule has 1 fully saturated rings. The largest absolute Gasteiger partial charge is 0.390 e. The van der Waals surface area contributed by atoms with E-state index in [1.54, 1.807) is 0 Å². The maximum absolute atomic E-state index is 9.61. The van der Waals surface area contributed by atoms with Crippen LogP contribution < -0.4 is 4.90 Å². The molecule has 4 heteroatoms. The van der Waals surface area contributed by atoms with Gasteiger partial charge in [0.1, 0.15) is 5.82 Å². The van der Waals surface area contributed by atoms with E-state index < -0.39 is 0 Å². The molecule has 1 aromatic rings. The van der Waals surface area contributed by atoms with Gasteiger partial charge in [0.2, 0.25) is 0 Å². The minimum absolute atomic E-state index is 0.0192. The number of rotatable bonds is 4. The van der Waals surface area contributed by atoms with Gasteiger partial charge in [-0.05, 0) is 12.8 Å². The molecule has 4 nitrogen and oxygen atoms in total. The highest BCUT2D eigenvalue weighted by molar-refractivity contribution is 5.49. The molecule has 0 radical (unpaired) electrons. The van der Waals surface area contributed by atoms with E-state index in [2.05, 4.69) is 35.8 Å². The predicted molar refractivity (Wildman–Crippen MR) is 81.9 cm³/mol. The van der Waals surface area contributed by atoms with Gasteiger partial charge in [0, 0.05) is 19.0 Å². The lowest BCUT2D eigenvalue weighted by atomic mass is 10.1. The van der Waals surface area contributed by atoms with Gasteiger partial charge < -0.3 is 10.0 Å². The van der Waals surface area contributed by atoms with Crippen LogP contribution in [0.25, 0.3) is 0 Å². The first-order chi connectivity index (χ1) is 9.63. The predicted octanol–water partition coefficient (Wildman–Crippen LogP) is 3.25. The molecule has 0 saturated heterocycles. The number of aliphatic hydroxyl groups excluding tert-OH is 1. The van der Waals surface area contributed by atoms with Crippen molar-refractivity contribution in [2.75, 3.05) is 11.9 Å². The number of anilines is 1. The van der Waals surface area contributed by atoms with Crippen molar-refractivity contribution in [3.05, 3.63) is 17.7 Å². The van der Waals surface area contributed by atoms with Crippen LogP contribution in [-0.2, 0) is 6.61 Å². The van der Waals surface area contributed by atoms with Gasteiger partial charge in [-0.25, -0.2) is 9.97 Å². The number of hydrogen-bond acceptors (Lipinski definition) is 4. The van der Waals surface area contributed by atoms with Crippen molar-refractivity contribution in [3.8, 4) is 0 Å². The summed E-state index contributed by atoms with van der Waals surface area (Å²) in [5.74, 6) is 1.10. The number of hydrogen-bond donors (Lipinski definition) is 1. The van der Waals surface area contributed by atoms with Crippen LogP contribution in [0.4, 0.5) is 5.69 Å². The van der Waals surface area contributed by atoms with Crippen LogP contribution >= 0.6 is 0 Å². The van der Waals surface area contributed by atoms with Crippen LogP contribution in [0.5, 0.6) is 0 Å². The molecule has 1 saturated carbocycles. The van der Waals surface area contributed by atoms with Gasteiger partial charge in [0.15, 0.2) is 0 Å². The SMILES string of the molecule is CC(C)c1ncc(N(C)C2CCCCCC2)c(CO)n1. The van der Waals surface area contributed by atoms with Gasteiger partial charge in [0.25, 0.3) is 0 Å². The molecule has 0 bridgehead atoms. The summed E-state index contributed by atoms with van der Waals surface area (Å²) in [7, 11) is 2.11. The standard InChI is InChI=1S/C16H27N3O/c1-12(2)16-17-10-15(14(11-20)18-16)19(3)13-8-6-4-5-7-9-13/h10,12-13,20H,4-9,11H2,1-3H3. The van der Waals surface area contributed by atoms with Crippen LogP contribution in [0.2, 0.25) is 0 Å². The fraction of sp³-hybridized carbons (Fsp3) is 0.750. The fourth-order valence-electron chi connectivity index (χ4n) is 2.96. The van der Waals surface area contributed by atoms with Crippen molar-refractivity contribution >= 4 is 5.69 Å². The Bertz CT molecular complexity index is 426. The lowest BCUT2D eigenvalue weighted by molar-refractivity contribution is 0.276. The average molecular weight is 277 g/mol. The molecular weight excluding hydrogens is 250 g/mol. The van der Waals surface area contributed by atoms with Gasteiger partial charge in [-0.15, -0.1) is 0 Å². The van der Waals surface area contributed by atoms with E-state index in [1.807, 2.05) is 6.20 Å². The summed E-state index contributed by atoms with van der Waals surface area (Å²) >= 11 is 0. The Balaban J connectivity index is 2.21. The van der Waals surface area contributed by atoms with Crippen molar-refractivity contribution in [1.29, 1.82) is 0 Å². The number of aromatic nitrogens is 2. The maximum Gasteiger partial charge on any atom is 0.131 e. The zero-order valence-electron chi connectivity index (χ0n) is 13.0. The summed E-state index contributed by atoms with van der Waals surface area (Å²) in [6, 6.07) is 0.552. The van der Waals surface area contributed by atoms with Gasteiger partial charge in [-0.3, -0.25) is 0 Å². The second-order valence-corrected chi connectivity index (χ2v) is 6.13. The Hall–Kier alpha value is -1.16. The second kappa shape index (κ2) is 7.02. The van der Waals surface area contributed by atoms with E-state index in [1.165, 1.54) is 38.5 Å². The van der Waals surface area contributed by atoms with Gasteiger partial charge in [0.05, 0.1) is 24.2 Å². The Morgan fingerprint density at radius 1 is 1.25 bits per heavy atom. The monoisotopic (exact) mass is 277 g/mol. The smallest absolute Gasteiger partial charge is 0.131 e. The van der Waals surface area contributed by atoms with Crippen LogP contribution in [0.15, 0.2) is 6.20 Å². The summed E-state index contributed by atoms with van der Waals surface area (Å²) in [5, 5.41) is 9.61. The minimum Gasteiger partial charge on any atom is -0.390 e. The third kappa shape index (κ3) is 3.48. The molecule has 0 atom stereocenters. The van der Waals surface area contributed by atoms with Crippen LogP contribution in [0.1, 0.15) is 69.8 Å². The first kappa shape index (κ1) is 15.2. The molecule has 1 aliphatic rings. The highest BCUT2D eigenvalue weighted by Gasteiger charge is 2.20. The van der Waals surface area contributed by atoms with Crippen molar-refractivity contribution in [3.63, 3.8) is 0 Å². The third-order valence-corrected chi connectivity index (χ3v) is 4.28. The summed E-state index contributed by atoms with van der Waals surface area (Å²) in [5.41, 5.74) is 1.75. The zero-order valence-corrected chi connectivity index (χ0v) is 13.0.